The van der Waals surface area contributed by atoms with Gasteiger partial charge in [-0.2, -0.15) is 5.26 Å². The maximum atomic E-state index is 12.5. The average molecular weight is 401 g/mol. The maximum Gasteiger partial charge on any atom is 0.269 e. The molecule has 3 aromatic rings. The van der Waals surface area contributed by atoms with E-state index in [1.807, 2.05) is 38.1 Å². The molecule has 0 unspecified atom stereocenters. The number of hydrogen-bond donors (Lipinski definition) is 1. The van der Waals surface area contributed by atoms with Crippen LogP contribution in [-0.2, 0) is 4.79 Å². The number of hydrogen-bond acceptors (Lipinski definition) is 5. The lowest BCUT2D eigenvalue weighted by atomic mass is 10.1. The number of nitriles is 1. The summed E-state index contributed by atoms with van der Waals surface area (Å²) in [6.45, 7) is 5.54. The Balaban J connectivity index is 1.85. The van der Waals surface area contributed by atoms with Crippen LogP contribution >= 0.6 is 0 Å². The molecule has 0 fully saturated rings. The molecular weight excluding hydrogens is 382 g/mol. The normalized spacial score (nSPS) is 11.1. The summed E-state index contributed by atoms with van der Waals surface area (Å²) in [5.74, 6) is 0.284. The molecule has 1 heterocycles. The number of carbonyl (C=O) groups excluding carboxylic acids is 1. The minimum atomic E-state index is -0.532. The van der Waals surface area contributed by atoms with E-state index in [-0.39, 0.29) is 11.3 Å². The van der Waals surface area contributed by atoms with Crippen LogP contribution in [0, 0.1) is 42.2 Å². The topological polar surface area (TPSA) is 109 Å². The average Bonchev–Trinajstić information content (AvgIpc) is 3.17. The number of nitro benzene ring substituents is 1. The fourth-order valence-corrected chi connectivity index (χ4v) is 2.96. The minimum absolute atomic E-state index is 0.00203. The SMILES string of the molecule is Cc1ccc(C)c(NC(=O)/C(C#N)=C/c2ccc(-c3ccc([N+](=O)[O-])cc3C)o2)c1. The molecule has 1 amide bonds. The number of nitrogens with one attached hydrogen (secondary N) is 1. The summed E-state index contributed by atoms with van der Waals surface area (Å²) < 4.78 is 5.75. The van der Waals surface area contributed by atoms with Crippen LogP contribution in [0.1, 0.15) is 22.5 Å². The number of anilines is 1. The molecule has 0 aliphatic carbocycles. The van der Waals surface area contributed by atoms with E-state index in [0.717, 1.165) is 11.1 Å². The number of amides is 1. The molecule has 30 heavy (non-hydrogen) atoms. The van der Waals surface area contributed by atoms with Crippen LogP contribution in [-0.4, -0.2) is 10.8 Å². The van der Waals surface area contributed by atoms with E-state index in [4.69, 9.17) is 4.42 Å². The Morgan fingerprint density at radius 2 is 1.87 bits per heavy atom. The third-order valence-electron chi connectivity index (χ3n) is 4.61. The molecule has 0 aliphatic rings. The second kappa shape index (κ2) is 8.45. The van der Waals surface area contributed by atoms with Gasteiger partial charge in [0.05, 0.1) is 4.92 Å². The predicted octanol–water partition coefficient (Wildman–Crippen LogP) is 5.33. The minimum Gasteiger partial charge on any atom is -0.457 e. The second-order valence-corrected chi connectivity index (χ2v) is 6.90. The van der Waals surface area contributed by atoms with Crippen molar-refractivity contribution in [2.45, 2.75) is 20.8 Å². The molecule has 150 valence electrons. The predicted molar refractivity (Wildman–Crippen MR) is 114 cm³/mol. The largest absolute Gasteiger partial charge is 0.457 e. The summed E-state index contributed by atoms with van der Waals surface area (Å²) in [7, 11) is 0. The summed E-state index contributed by atoms with van der Waals surface area (Å²) in [4.78, 5) is 23.0. The van der Waals surface area contributed by atoms with Crippen molar-refractivity contribution >= 4 is 23.4 Å². The third kappa shape index (κ3) is 4.45. The van der Waals surface area contributed by atoms with Crippen LogP contribution in [0.3, 0.4) is 0 Å². The summed E-state index contributed by atoms with van der Waals surface area (Å²) in [6, 6.07) is 15.4. The highest BCUT2D eigenvalue weighted by Crippen LogP contribution is 2.29. The Morgan fingerprint density at radius 3 is 2.53 bits per heavy atom. The molecule has 0 radical (unpaired) electrons. The molecule has 0 aliphatic heterocycles. The van der Waals surface area contributed by atoms with Crippen molar-refractivity contribution in [3.05, 3.63) is 86.7 Å². The Labute approximate surface area is 173 Å². The van der Waals surface area contributed by atoms with Crippen molar-refractivity contribution < 1.29 is 14.1 Å². The zero-order valence-corrected chi connectivity index (χ0v) is 16.7. The van der Waals surface area contributed by atoms with E-state index in [1.54, 1.807) is 25.1 Å². The van der Waals surface area contributed by atoms with Gasteiger partial charge >= 0.3 is 0 Å². The summed E-state index contributed by atoms with van der Waals surface area (Å²) in [5, 5.41) is 23.1. The maximum absolute atomic E-state index is 12.5. The van der Waals surface area contributed by atoms with Crippen molar-refractivity contribution in [3.8, 4) is 17.4 Å². The number of non-ortho nitro benzene ring substituents is 1. The molecule has 2 aromatic carbocycles. The Hall–Kier alpha value is -4.18. The first-order chi connectivity index (χ1) is 14.3. The smallest absolute Gasteiger partial charge is 0.269 e. The van der Waals surface area contributed by atoms with Gasteiger partial charge in [-0.1, -0.05) is 12.1 Å². The molecule has 3 rings (SSSR count). The molecule has 1 N–H and O–H groups in total. The van der Waals surface area contributed by atoms with Crippen molar-refractivity contribution in [1.29, 1.82) is 5.26 Å². The van der Waals surface area contributed by atoms with E-state index in [9.17, 15) is 20.2 Å². The molecule has 7 heteroatoms. The monoisotopic (exact) mass is 401 g/mol. The van der Waals surface area contributed by atoms with Gasteiger partial charge in [-0.25, -0.2) is 0 Å². The number of carbonyl (C=O) groups is 1. The zero-order chi connectivity index (χ0) is 21.8. The molecule has 0 bridgehead atoms. The molecule has 1 aromatic heterocycles. The van der Waals surface area contributed by atoms with Gasteiger partial charge in [-0.15, -0.1) is 0 Å². The number of rotatable bonds is 5. The Morgan fingerprint density at radius 1 is 1.10 bits per heavy atom. The number of nitro groups is 1. The Bertz CT molecular complexity index is 1220. The first-order valence-electron chi connectivity index (χ1n) is 9.14. The van der Waals surface area contributed by atoms with Crippen molar-refractivity contribution in [1.82, 2.24) is 0 Å². The number of nitrogens with zero attached hydrogens (tertiary/aromatic N) is 2. The fraction of sp³-hybridized carbons (Fsp3) is 0.130. The molecule has 0 saturated heterocycles. The van der Waals surface area contributed by atoms with Crippen molar-refractivity contribution in [2.75, 3.05) is 5.32 Å². The summed E-state index contributed by atoms with van der Waals surface area (Å²) in [6.07, 6.45) is 1.37. The standard InChI is InChI=1S/C23H19N3O4/c1-14-4-5-15(2)21(10-14)25-23(27)17(13-24)12-19-7-9-22(30-19)20-8-6-18(26(28)29)11-16(20)3/h4-12H,1-3H3,(H,25,27)/b17-12+. The number of benzene rings is 2. The molecule has 0 spiro atoms. The third-order valence-corrected chi connectivity index (χ3v) is 4.61. The lowest BCUT2D eigenvalue weighted by Gasteiger charge is -2.08. The van der Waals surface area contributed by atoms with Crippen LogP contribution < -0.4 is 5.32 Å². The van der Waals surface area contributed by atoms with E-state index in [0.29, 0.717) is 28.3 Å². The van der Waals surface area contributed by atoms with Gasteiger partial charge in [0.2, 0.25) is 0 Å². The molecule has 7 nitrogen and oxygen atoms in total. The number of furan rings is 1. The van der Waals surface area contributed by atoms with Gasteiger partial charge in [0.25, 0.3) is 11.6 Å². The van der Waals surface area contributed by atoms with Gasteiger partial charge in [0.1, 0.15) is 23.2 Å². The zero-order valence-electron chi connectivity index (χ0n) is 16.7. The van der Waals surface area contributed by atoms with Gasteiger partial charge < -0.3 is 9.73 Å². The first kappa shape index (κ1) is 20.6. The highest BCUT2D eigenvalue weighted by atomic mass is 16.6. The van der Waals surface area contributed by atoms with Crippen LogP contribution in [0.25, 0.3) is 17.4 Å². The highest BCUT2D eigenvalue weighted by Gasteiger charge is 2.14. The quantitative estimate of drug-likeness (QED) is 0.269. The van der Waals surface area contributed by atoms with E-state index < -0.39 is 10.8 Å². The lowest BCUT2D eigenvalue weighted by molar-refractivity contribution is -0.384. The highest BCUT2D eigenvalue weighted by molar-refractivity contribution is 6.09. The lowest BCUT2D eigenvalue weighted by Crippen LogP contribution is -2.14. The van der Waals surface area contributed by atoms with Crippen molar-refractivity contribution in [3.63, 3.8) is 0 Å². The van der Waals surface area contributed by atoms with Crippen molar-refractivity contribution in [2.24, 2.45) is 0 Å². The molecular formula is C23H19N3O4. The van der Waals surface area contributed by atoms with E-state index in [1.165, 1.54) is 18.2 Å². The summed E-state index contributed by atoms with van der Waals surface area (Å²) >= 11 is 0. The van der Waals surface area contributed by atoms with Crippen LogP contribution in [0.4, 0.5) is 11.4 Å². The van der Waals surface area contributed by atoms with Crippen LogP contribution in [0.5, 0.6) is 0 Å². The van der Waals surface area contributed by atoms with E-state index in [2.05, 4.69) is 5.32 Å². The van der Waals surface area contributed by atoms with Gasteiger partial charge in [0.15, 0.2) is 0 Å². The van der Waals surface area contributed by atoms with Crippen LogP contribution in [0.2, 0.25) is 0 Å². The van der Waals surface area contributed by atoms with Gasteiger partial charge in [-0.3, -0.25) is 14.9 Å². The molecule has 0 saturated carbocycles. The first-order valence-corrected chi connectivity index (χ1v) is 9.14. The fourth-order valence-electron chi connectivity index (χ4n) is 2.96. The number of aryl methyl sites for hydroxylation is 3. The van der Waals surface area contributed by atoms with Gasteiger partial charge in [-0.05, 0) is 61.7 Å². The van der Waals surface area contributed by atoms with E-state index >= 15 is 0 Å². The second-order valence-electron chi connectivity index (χ2n) is 6.90. The molecule has 0 atom stereocenters. The Kier molecular flexibility index (Phi) is 5.79. The van der Waals surface area contributed by atoms with Crippen LogP contribution in [0.15, 0.2) is 58.5 Å². The van der Waals surface area contributed by atoms with Gasteiger partial charge in [0, 0.05) is 29.5 Å². The summed E-state index contributed by atoms with van der Waals surface area (Å²) in [5.41, 5.74) is 3.80.